The zero-order chi connectivity index (χ0) is 14.4. The first-order valence-electron chi connectivity index (χ1n) is 7.52. The van der Waals surface area contributed by atoms with Crippen molar-refractivity contribution in [3.63, 3.8) is 0 Å². The van der Waals surface area contributed by atoms with Gasteiger partial charge in [-0.2, -0.15) is 4.37 Å². The van der Waals surface area contributed by atoms with Crippen LogP contribution in [0.3, 0.4) is 0 Å². The number of aromatic nitrogens is 2. The Balaban J connectivity index is 1.93. The Kier molecular flexibility index (Phi) is 5.74. The number of rotatable bonds is 7. The normalized spacial score (nSPS) is 23.9. The van der Waals surface area contributed by atoms with Crippen LogP contribution in [-0.2, 0) is 5.60 Å². The van der Waals surface area contributed by atoms with Crippen molar-refractivity contribution in [3.05, 3.63) is 5.69 Å². The summed E-state index contributed by atoms with van der Waals surface area (Å²) in [5.41, 5.74) is -0.275. The minimum atomic E-state index is -0.904. The first-order chi connectivity index (χ1) is 9.65. The Morgan fingerprint density at radius 1 is 1.35 bits per heavy atom. The smallest absolute Gasteiger partial charge is 0.252 e. The summed E-state index contributed by atoms with van der Waals surface area (Å²) in [6.45, 7) is 4.47. The number of likely N-dealkylation sites (N-methyl/N-ethyl adjacent to an activating group) is 1. The van der Waals surface area contributed by atoms with E-state index in [-0.39, 0.29) is 0 Å². The maximum absolute atomic E-state index is 10.8. The third kappa shape index (κ3) is 3.90. The van der Waals surface area contributed by atoms with Crippen LogP contribution < -0.4 is 4.74 Å². The van der Waals surface area contributed by atoms with Gasteiger partial charge in [0.05, 0.1) is 18.3 Å². The molecule has 1 aliphatic rings. The maximum Gasteiger partial charge on any atom is 0.252 e. The van der Waals surface area contributed by atoms with Gasteiger partial charge in [0.15, 0.2) is 5.69 Å². The number of hydrogen-bond acceptors (Lipinski definition) is 6. The Morgan fingerprint density at radius 3 is 2.95 bits per heavy atom. The van der Waals surface area contributed by atoms with E-state index in [4.69, 9.17) is 4.74 Å². The van der Waals surface area contributed by atoms with Crippen LogP contribution in [0.1, 0.15) is 51.1 Å². The number of ether oxygens (including phenoxy) is 1. The molecule has 1 saturated heterocycles. The van der Waals surface area contributed by atoms with E-state index >= 15 is 0 Å². The van der Waals surface area contributed by atoms with Crippen LogP contribution in [0, 0.1) is 0 Å². The predicted octanol–water partition coefficient (Wildman–Crippen LogP) is 2.41. The second kappa shape index (κ2) is 7.33. The highest BCUT2D eigenvalue weighted by molar-refractivity contribution is 6.99. The minimum absolute atomic E-state index is 0.532. The molecule has 6 heteroatoms. The van der Waals surface area contributed by atoms with Gasteiger partial charge in [-0.15, -0.1) is 4.37 Å². The molecule has 1 unspecified atom stereocenters. The summed E-state index contributed by atoms with van der Waals surface area (Å²) >= 11 is 1.12. The summed E-state index contributed by atoms with van der Waals surface area (Å²) in [4.78, 5) is 2.13. The van der Waals surface area contributed by atoms with Crippen molar-refractivity contribution in [2.75, 3.05) is 26.7 Å². The first kappa shape index (κ1) is 15.7. The zero-order valence-corrected chi connectivity index (χ0v) is 13.3. The molecule has 2 rings (SSSR count). The van der Waals surface area contributed by atoms with Gasteiger partial charge in [0.1, 0.15) is 5.60 Å². The molecule has 1 aromatic rings. The van der Waals surface area contributed by atoms with Gasteiger partial charge in [0.2, 0.25) is 0 Å². The SMILES string of the molecule is CCCCCCOc1nsnc1C1(O)CCCN(C)C1. The third-order valence-corrected chi connectivity index (χ3v) is 4.31. The Hall–Kier alpha value is -0.720. The number of nitrogens with zero attached hydrogens (tertiary/aromatic N) is 3. The molecule has 20 heavy (non-hydrogen) atoms. The van der Waals surface area contributed by atoms with Gasteiger partial charge in [-0.3, -0.25) is 0 Å². The van der Waals surface area contributed by atoms with Crippen molar-refractivity contribution >= 4 is 11.7 Å². The van der Waals surface area contributed by atoms with Gasteiger partial charge >= 0.3 is 0 Å². The number of likely N-dealkylation sites (tertiary alicyclic amines) is 1. The quantitative estimate of drug-likeness (QED) is 0.784. The highest BCUT2D eigenvalue weighted by atomic mass is 32.1. The van der Waals surface area contributed by atoms with Crippen molar-refractivity contribution in [1.82, 2.24) is 13.6 Å². The molecule has 1 aliphatic heterocycles. The monoisotopic (exact) mass is 299 g/mol. The molecule has 114 valence electrons. The molecule has 0 bridgehead atoms. The molecular formula is C14H25N3O2S. The van der Waals surface area contributed by atoms with Gasteiger partial charge < -0.3 is 14.7 Å². The molecule has 0 aromatic carbocycles. The lowest BCUT2D eigenvalue weighted by atomic mass is 9.90. The number of hydrogen-bond donors (Lipinski definition) is 1. The second-order valence-corrected chi connectivity index (χ2v) is 6.23. The standard InChI is InChI=1S/C14H25N3O2S/c1-3-4-5-6-10-19-13-12(15-20-16-13)14(18)8-7-9-17(2)11-14/h18H,3-11H2,1-2H3. The fourth-order valence-corrected chi connectivity index (χ4v) is 3.28. The van der Waals surface area contributed by atoms with Crippen LogP contribution in [0.25, 0.3) is 0 Å². The van der Waals surface area contributed by atoms with Crippen LogP contribution in [0.15, 0.2) is 0 Å². The van der Waals surface area contributed by atoms with Gasteiger partial charge in [-0.1, -0.05) is 26.2 Å². The molecule has 0 saturated carbocycles. The highest BCUT2D eigenvalue weighted by Gasteiger charge is 2.39. The van der Waals surface area contributed by atoms with Crippen LogP contribution in [0.4, 0.5) is 0 Å². The molecule has 0 aliphatic carbocycles. The van der Waals surface area contributed by atoms with Crippen LogP contribution in [0.5, 0.6) is 5.88 Å². The molecule has 2 heterocycles. The van der Waals surface area contributed by atoms with Gasteiger partial charge in [-0.25, -0.2) is 0 Å². The molecule has 1 atom stereocenters. The van der Waals surface area contributed by atoms with Crippen molar-refractivity contribution in [2.24, 2.45) is 0 Å². The number of piperidine rings is 1. The van der Waals surface area contributed by atoms with Crippen LogP contribution in [0.2, 0.25) is 0 Å². The first-order valence-corrected chi connectivity index (χ1v) is 8.25. The lowest BCUT2D eigenvalue weighted by Crippen LogP contribution is -2.44. The average molecular weight is 299 g/mol. The molecule has 1 fully saturated rings. The Labute approximate surface area is 125 Å². The minimum Gasteiger partial charge on any atom is -0.476 e. The van der Waals surface area contributed by atoms with E-state index < -0.39 is 5.60 Å². The molecule has 0 spiro atoms. The zero-order valence-electron chi connectivity index (χ0n) is 12.5. The van der Waals surface area contributed by atoms with E-state index in [9.17, 15) is 5.11 Å². The van der Waals surface area contributed by atoms with Crippen molar-refractivity contribution in [1.29, 1.82) is 0 Å². The fourth-order valence-electron chi connectivity index (χ4n) is 2.70. The molecule has 0 amide bonds. The van der Waals surface area contributed by atoms with Crippen LogP contribution >= 0.6 is 11.7 Å². The van der Waals surface area contributed by atoms with E-state index in [0.717, 1.165) is 37.5 Å². The van der Waals surface area contributed by atoms with Gasteiger partial charge in [0.25, 0.3) is 5.88 Å². The maximum atomic E-state index is 10.8. The third-order valence-electron chi connectivity index (χ3n) is 3.80. The molecule has 1 aromatic heterocycles. The number of β-amino-alcohol motifs (C(OH)–C–C–N with tert-alkyl or cyclic N) is 1. The van der Waals surface area contributed by atoms with Gasteiger partial charge in [0, 0.05) is 6.54 Å². The molecule has 5 nitrogen and oxygen atoms in total. The van der Waals surface area contributed by atoms with Crippen molar-refractivity contribution < 1.29 is 9.84 Å². The number of aliphatic hydroxyl groups is 1. The van der Waals surface area contributed by atoms with E-state index in [1.807, 2.05) is 7.05 Å². The molecule has 1 N–H and O–H groups in total. The summed E-state index contributed by atoms with van der Waals surface area (Å²) in [6, 6.07) is 0. The summed E-state index contributed by atoms with van der Waals surface area (Å²) in [6.07, 6.45) is 6.37. The van der Waals surface area contributed by atoms with E-state index in [0.29, 0.717) is 24.7 Å². The van der Waals surface area contributed by atoms with E-state index in [2.05, 4.69) is 20.6 Å². The lowest BCUT2D eigenvalue weighted by Gasteiger charge is -2.36. The highest BCUT2D eigenvalue weighted by Crippen LogP contribution is 2.35. The molecule has 0 radical (unpaired) electrons. The Morgan fingerprint density at radius 2 is 2.20 bits per heavy atom. The van der Waals surface area contributed by atoms with Crippen LogP contribution in [-0.4, -0.2) is 45.5 Å². The molecular weight excluding hydrogens is 274 g/mol. The average Bonchev–Trinajstić information content (AvgIpc) is 2.87. The second-order valence-electron chi connectivity index (χ2n) is 5.70. The Bertz CT molecular complexity index is 413. The van der Waals surface area contributed by atoms with E-state index in [1.54, 1.807) is 0 Å². The van der Waals surface area contributed by atoms with Crippen molar-refractivity contribution in [3.8, 4) is 5.88 Å². The van der Waals surface area contributed by atoms with Gasteiger partial charge in [-0.05, 0) is 32.9 Å². The summed E-state index contributed by atoms with van der Waals surface area (Å²) in [7, 11) is 2.02. The van der Waals surface area contributed by atoms with E-state index in [1.165, 1.54) is 19.3 Å². The topological polar surface area (TPSA) is 58.5 Å². The summed E-state index contributed by atoms with van der Waals surface area (Å²) in [5, 5.41) is 10.8. The van der Waals surface area contributed by atoms with Crippen molar-refractivity contribution in [2.45, 2.75) is 51.0 Å². The fraction of sp³-hybridized carbons (Fsp3) is 0.857. The number of unbranched alkanes of at least 4 members (excludes halogenated alkanes) is 3. The lowest BCUT2D eigenvalue weighted by molar-refractivity contribution is -0.0326. The predicted molar refractivity (Wildman–Crippen MR) is 80.2 cm³/mol. The largest absolute Gasteiger partial charge is 0.476 e. The summed E-state index contributed by atoms with van der Waals surface area (Å²) < 4.78 is 14.2. The summed E-state index contributed by atoms with van der Waals surface area (Å²) in [5.74, 6) is 0.532.